The Kier molecular flexibility index (Phi) is 10.6. The number of ketones is 1. The summed E-state index contributed by atoms with van der Waals surface area (Å²) in [7, 11) is 0. The molecule has 0 spiro atoms. The Morgan fingerprint density at radius 1 is 1.06 bits per heavy atom. The molecule has 0 aromatic heterocycles. The van der Waals surface area contributed by atoms with Crippen LogP contribution in [-0.4, -0.2) is 44.8 Å². The zero-order chi connectivity index (χ0) is 13.8. The highest BCUT2D eigenvalue weighted by Crippen LogP contribution is 1.96. The third kappa shape index (κ3) is 11.5. The van der Waals surface area contributed by atoms with Crippen molar-refractivity contribution in [3.63, 3.8) is 0 Å². The van der Waals surface area contributed by atoms with Gasteiger partial charge in [0.1, 0.15) is 6.61 Å². The third-order valence-corrected chi connectivity index (χ3v) is 2.00. The van der Waals surface area contributed by atoms with Crippen LogP contribution in [0.1, 0.15) is 33.6 Å². The van der Waals surface area contributed by atoms with Gasteiger partial charge in [0.25, 0.3) is 0 Å². The van der Waals surface area contributed by atoms with E-state index in [9.17, 15) is 9.59 Å². The molecule has 0 heterocycles. The van der Waals surface area contributed by atoms with Crippen LogP contribution in [0.3, 0.4) is 0 Å². The van der Waals surface area contributed by atoms with E-state index >= 15 is 0 Å². The highest BCUT2D eigenvalue weighted by molar-refractivity contribution is 5.83. The molecule has 0 fully saturated rings. The zero-order valence-electron chi connectivity index (χ0n) is 11.6. The molecule has 18 heavy (non-hydrogen) atoms. The monoisotopic (exact) mass is 260 g/mol. The molecule has 106 valence electrons. The van der Waals surface area contributed by atoms with Gasteiger partial charge in [-0.15, -0.1) is 0 Å². The fourth-order valence-electron chi connectivity index (χ4n) is 1.17. The zero-order valence-corrected chi connectivity index (χ0v) is 11.6. The van der Waals surface area contributed by atoms with Gasteiger partial charge in [-0.2, -0.15) is 0 Å². The molecule has 0 aliphatic heterocycles. The van der Waals surface area contributed by atoms with Crippen LogP contribution in [0.15, 0.2) is 0 Å². The Bertz CT molecular complexity index is 238. The summed E-state index contributed by atoms with van der Waals surface area (Å²) in [5.41, 5.74) is 0. The van der Waals surface area contributed by atoms with Gasteiger partial charge in [-0.3, -0.25) is 9.59 Å². The van der Waals surface area contributed by atoms with Crippen LogP contribution in [0.5, 0.6) is 0 Å². The molecule has 0 saturated heterocycles. The van der Waals surface area contributed by atoms with E-state index in [4.69, 9.17) is 14.2 Å². The van der Waals surface area contributed by atoms with Gasteiger partial charge < -0.3 is 14.2 Å². The molecule has 0 saturated carbocycles. The van der Waals surface area contributed by atoms with Crippen LogP contribution < -0.4 is 0 Å². The summed E-state index contributed by atoms with van der Waals surface area (Å²) in [4.78, 5) is 22.3. The number of carbonyl (C=O) groups excluding carboxylic acids is 2. The first kappa shape index (κ1) is 17.1. The Morgan fingerprint density at radius 3 is 2.33 bits per heavy atom. The minimum Gasteiger partial charge on any atom is -0.466 e. The largest absolute Gasteiger partial charge is 0.466 e. The van der Waals surface area contributed by atoms with Gasteiger partial charge in [0.05, 0.1) is 26.2 Å². The molecule has 0 aromatic rings. The third-order valence-electron chi connectivity index (χ3n) is 2.00. The molecular weight excluding hydrogens is 236 g/mol. The van der Waals surface area contributed by atoms with Crippen LogP contribution in [0.4, 0.5) is 0 Å². The van der Waals surface area contributed by atoms with Gasteiger partial charge in [-0.25, -0.2) is 0 Å². The van der Waals surface area contributed by atoms with Gasteiger partial charge in [-0.05, 0) is 12.8 Å². The summed E-state index contributed by atoms with van der Waals surface area (Å²) in [5.74, 6) is 0.0641. The number of rotatable bonds is 11. The standard InChI is InChI=1S/C13H24O5/c1-4-18-13(15)6-5-12(14)10-17-8-7-16-9-11(2)3/h11H,4-10H2,1-3H3. The number of carbonyl (C=O) groups is 2. The lowest BCUT2D eigenvalue weighted by atomic mass is 10.2. The van der Waals surface area contributed by atoms with Crippen LogP contribution in [-0.2, 0) is 23.8 Å². The van der Waals surface area contributed by atoms with Crippen molar-refractivity contribution < 1.29 is 23.8 Å². The Hall–Kier alpha value is -0.940. The average molecular weight is 260 g/mol. The lowest BCUT2D eigenvalue weighted by Gasteiger charge is -2.07. The van der Waals surface area contributed by atoms with Gasteiger partial charge in [0, 0.05) is 13.0 Å². The fourth-order valence-corrected chi connectivity index (χ4v) is 1.17. The Labute approximate surface area is 109 Å². The smallest absolute Gasteiger partial charge is 0.306 e. The second-order valence-electron chi connectivity index (χ2n) is 4.37. The van der Waals surface area contributed by atoms with E-state index in [1.165, 1.54) is 0 Å². The van der Waals surface area contributed by atoms with Crippen molar-refractivity contribution >= 4 is 11.8 Å². The predicted molar refractivity (Wildman–Crippen MR) is 67.4 cm³/mol. The topological polar surface area (TPSA) is 61.8 Å². The van der Waals surface area contributed by atoms with Gasteiger partial charge >= 0.3 is 5.97 Å². The maximum Gasteiger partial charge on any atom is 0.306 e. The van der Waals surface area contributed by atoms with Crippen molar-refractivity contribution in [1.82, 2.24) is 0 Å². The van der Waals surface area contributed by atoms with Crippen LogP contribution in [0, 0.1) is 5.92 Å². The van der Waals surface area contributed by atoms with E-state index in [2.05, 4.69) is 13.8 Å². The van der Waals surface area contributed by atoms with E-state index in [-0.39, 0.29) is 31.2 Å². The van der Waals surface area contributed by atoms with Gasteiger partial charge in [0.15, 0.2) is 5.78 Å². The van der Waals surface area contributed by atoms with Crippen molar-refractivity contribution in [2.75, 3.05) is 33.0 Å². The predicted octanol–water partition coefficient (Wildman–Crippen LogP) is 1.59. The SMILES string of the molecule is CCOC(=O)CCC(=O)COCCOCC(C)C. The van der Waals surface area contributed by atoms with Crippen LogP contribution in [0.2, 0.25) is 0 Å². The normalized spacial score (nSPS) is 10.7. The highest BCUT2D eigenvalue weighted by Gasteiger charge is 2.07. The molecule has 0 rings (SSSR count). The number of ether oxygens (including phenoxy) is 3. The molecule has 0 aliphatic rings. The molecule has 0 bridgehead atoms. The van der Waals surface area contributed by atoms with E-state index in [1.54, 1.807) is 6.92 Å². The second kappa shape index (κ2) is 11.2. The first-order valence-corrected chi connectivity index (χ1v) is 6.39. The number of esters is 1. The Balaban J connectivity index is 3.34. The summed E-state index contributed by atoms with van der Waals surface area (Å²) < 4.78 is 15.2. The molecule has 0 aliphatic carbocycles. The van der Waals surface area contributed by atoms with Crippen molar-refractivity contribution in [2.45, 2.75) is 33.6 Å². The number of hydrogen-bond donors (Lipinski definition) is 0. The Morgan fingerprint density at radius 2 is 1.72 bits per heavy atom. The van der Waals surface area contributed by atoms with Crippen molar-refractivity contribution in [3.05, 3.63) is 0 Å². The molecule has 0 N–H and O–H groups in total. The summed E-state index contributed by atoms with van der Waals surface area (Å²) in [5, 5.41) is 0. The quantitative estimate of drug-likeness (QED) is 0.417. The molecule has 0 radical (unpaired) electrons. The number of Topliss-reactive ketones (excluding diaryl/α,β-unsaturated/α-hetero) is 1. The summed E-state index contributed by atoms with van der Waals surface area (Å²) >= 11 is 0. The minimum absolute atomic E-state index is 0.0322. The van der Waals surface area contributed by atoms with Crippen molar-refractivity contribution in [3.8, 4) is 0 Å². The lowest BCUT2D eigenvalue weighted by Crippen LogP contribution is -2.15. The van der Waals surface area contributed by atoms with Gasteiger partial charge in [-0.1, -0.05) is 13.8 Å². The van der Waals surface area contributed by atoms with Crippen molar-refractivity contribution in [2.24, 2.45) is 5.92 Å². The summed E-state index contributed by atoms with van der Waals surface area (Å²) in [6.45, 7) is 7.84. The highest BCUT2D eigenvalue weighted by atomic mass is 16.5. The lowest BCUT2D eigenvalue weighted by molar-refractivity contribution is -0.144. The first-order chi connectivity index (χ1) is 8.56. The van der Waals surface area contributed by atoms with E-state index in [1.807, 2.05) is 0 Å². The maximum atomic E-state index is 11.3. The molecule has 0 unspecified atom stereocenters. The van der Waals surface area contributed by atoms with Crippen LogP contribution >= 0.6 is 0 Å². The van der Waals surface area contributed by atoms with Gasteiger partial charge in [0.2, 0.25) is 0 Å². The molecular formula is C13H24O5. The van der Waals surface area contributed by atoms with Crippen molar-refractivity contribution in [1.29, 1.82) is 0 Å². The first-order valence-electron chi connectivity index (χ1n) is 6.39. The molecule has 0 atom stereocenters. The fraction of sp³-hybridized carbons (Fsp3) is 0.846. The molecule has 5 heteroatoms. The average Bonchev–Trinajstić information content (AvgIpc) is 2.31. The molecule has 5 nitrogen and oxygen atoms in total. The minimum atomic E-state index is -0.342. The molecule has 0 aromatic carbocycles. The number of hydrogen-bond acceptors (Lipinski definition) is 5. The van der Waals surface area contributed by atoms with Crippen LogP contribution in [0.25, 0.3) is 0 Å². The van der Waals surface area contributed by atoms with E-state index < -0.39 is 0 Å². The maximum absolute atomic E-state index is 11.3. The second-order valence-corrected chi connectivity index (χ2v) is 4.37. The molecule has 0 amide bonds. The summed E-state index contributed by atoms with van der Waals surface area (Å²) in [6, 6.07) is 0. The van der Waals surface area contributed by atoms with E-state index in [0.717, 1.165) is 0 Å². The summed E-state index contributed by atoms with van der Waals surface area (Å²) in [6.07, 6.45) is 0.297. The van der Waals surface area contributed by atoms with E-state index in [0.29, 0.717) is 32.3 Å².